The number of aryl methyl sites for hydroxylation is 3. The lowest BCUT2D eigenvalue weighted by molar-refractivity contribution is -0.0761. The largest absolute Gasteiger partial charge is 0.297 e. The maximum Gasteiger partial charge on any atom is 0.297 e. The van der Waals surface area contributed by atoms with Gasteiger partial charge in [0, 0.05) is 25.9 Å². The van der Waals surface area contributed by atoms with Crippen molar-refractivity contribution in [2.75, 3.05) is 14.2 Å². The van der Waals surface area contributed by atoms with E-state index in [4.69, 9.17) is 4.84 Å². The Kier molecular flexibility index (Phi) is 5.66. The molecule has 1 aliphatic carbocycles. The second-order valence-electron chi connectivity index (χ2n) is 5.43. The fourth-order valence-electron chi connectivity index (χ4n) is 2.84. The van der Waals surface area contributed by atoms with Gasteiger partial charge in [-0.3, -0.25) is 14.3 Å². The van der Waals surface area contributed by atoms with Crippen molar-refractivity contribution < 1.29 is 9.63 Å². The lowest BCUT2D eigenvalue weighted by Gasteiger charge is -2.12. The number of carbonyl (C=O) groups excluding carboxylic acids is 1. The number of rotatable bonds is 2. The second-order valence-corrected chi connectivity index (χ2v) is 5.43. The van der Waals surface area contributed by atoms with Crippen molar-refractivity contribution in [2.24, 2.45) is 7.05 Å². The normalized spacial score (nSPS) is 12.4. The SMILES string of the molecule is CC.CON(C)C(=O)c1nn(C)c2c1CCCc1cnc(C)nc1-2. The number of hydroxylamine groups is 2. The number of hydrogen-bond donors (Lipinski definition) is 0. The predicted octanol–water partition coefficient (Wildman–Crippen LogP) is 2.33. The molecule has 7 nitrogen and oxygen atoms in total. The fourth-order valence-corrected chi connectivity index (χ4v) is 2.84. The second kappa shape index (κ2) is 7.53. The quantitative estimate of drug-likeness (QED) is 0.790. The minimum Gasteiger partial charge on any atom is -0.274 e. The molecule has 0 atom stereocenters. The molecule has 0 aliphatic heterocycles. The van der Waals surface area contributed by atoms with Crippen LogP contribution < -0.4 is 0 Å². The Morgan fingerprint density at radius 3 is 2.71 bits per heavy atom. The van der Waals surface area contributed by atoms with E-state index in [1.54, 1.807) is 11.7 Å². The van der Waals surface area contributed by atoms with Gasteiger partial charge in [0.2, 0.25) is 0 Å². The van der Waals surface area contributed by atoms with Gasteiger partial charge in [-0.15, -0.1) is 0 Å². The molecule has 2 heterocycles. The van der Waals surface area contributed by atoms with Crippen molar-refractivity contribution >= 4 is 5.91 Å². The van der Waals surface area contributed by atoms with Crippen LogP contribution in [0, 0.1) is 6.92 Å². The van der Waals surface area contributed by atoms with Gasteiger partial charge in [-0.05, 0) is 31.7 Å². The number of carbonyl (C=O) groups is 1. The van der Waals surface area contributed by atoms with Gasteiger partial charge < -0.3 is 0 Å². The van der Waals surface area contributed by atoms with E-state index >= 15 is 0 Å². The average molecular weight is 331 g/mol. The zero-order chi connectivity index (χ0) is 17.9. The molecule has 0 aromatic carbocycles. The van der Waals surface area contributed by atoms with Crippen LogP contribution >= 0.6 is 0 Å². The first kappa shape index (κ1) is 18.1. The van der Waals surface area contributed by atoms with E-state index in [0.717, 1.165) is 47.6 Å². The molecule has 0 fully saturated rings. The van der Waals surface area contributed by atoms with Crippen molar-refractivity contribution in [2.45, 2.75) is 40.0 Å². The molecule has 2 aromatic rings. The number of hydrogen-bond acceptors (Lipinski definition) is 5. The van der Waals surface area contributed by atoms with Crippen LogP contribution in [0.25, 0.3) is 11.4 Å². The number of aromatic nitrogens is 4. The van der Waals surface area contributed by atoms with Crippen LogP contribution in [0.1, 0.15) is 47.7 Å². The minimum absolute atomic E-state index is 0.242. The summed E-state index contributed by atoms with van der Waals surface area (Å²) in [5.41, 5.74) is 4.27. The van der Waals surface area contributed by atoms with E-state index < -0.39 is 0 Å². The summed E-state index contributed by atoms with van der Waals surface area (Å²) in [5, 5.41) is 5.61. The van der Waals surface area contributed by atoms with Crippen LogP contribution in [0.4, 0.5) is 0 Å². The smallest absolute Gasteiger partial charge is 0.274 e. The average Bonchev–Trinajstić information content (AvgIpc) is 2.80. The highest BCUT2D eigenvalue weighted by atomic mass is 16.7. The minimum atomic E-state index is -0.242. The van der Waals surface area contributed by atoms with E-state index in [-0.39, 0.29) is 5.91 Å². The maximum atomic E-state index is 12.4. The molecule has 130 valence electrons. The molecule has 0 radical (unpaired) electrons. The summed E-state index contributed by atoms with van der Waals surface area (Å²) < 4.78 is 1.74. The van der Waals surface area contributed by atoms with Gasteiger partial charge in [0.05, 0.1) is 18.5 Å². The van der Waals surface area contributed by atoms with Crippen LogP contribution in [0.2, 0.25) is 0 Å². The van der Waals surface area contributed by atoms with Crippen LogP contribution in [0.15, 0.2) is 6.20 Å². The number of amides is 1. The van der Waals surface area contributed by atoms with Crippen LogP contribution in [-0.2, 0) is 24.7 Å². The molecule has 0 N–H and O–H groups in total. The summed E-state index contributed by atoms with van der Waals surface area (Å²) in [6.45, 7) is 5.87. The predicted molar refractivity (Wildman–Crippen MR) is 91.4 cm³/mol. The van der Waals surface area contributed by atoms with E-state index in [1.165, 1.54) is 12.2 Å². The third-order valence-electron chi connectivity index (χ3n) is 3.99. The van der Waals surface area contributed by atoms with E-state index in [9.17, 15) is 4.79 Å². The van der Waals surface area contributed by atoms with Gasteiger partial charge >= 0.3 is 0 Å². The Balaban J connectivity index is 0.00000100. The van der Waals surface area contributed by atoms with E-state index in [2.05, 4.69) is 15.1 Å². The molecular formula is C17H25N5O2. The topological polar surface area (TPSA) is 73.1 Å². The Labute approximate surface area is 142 Å². The first-order valence-electron chi connectivity index (χ1n) is 8.23. The molecule has 1 aliphatic rings. The Hall–Kier alpha value is -2.28. The first-order chi connectivity index (χ1) is 11.5. The zero-order valence-electron chi connectivity index (χ0n) is 15.3. The van der Waals surface area contributed by atoms with Crippen molar-refractivity contribution in [1.82, 2.24) is 24.8 Å². The molecule has 2 aromatic heterocycles. The lowest BCUT2D eigenvalue weighted by atomic mass is 10.1. The van der Waals surface area contributed by atoms with Crippen molar-refractivity contribution in [3.05, 3.63) is 28.8 Å². The Morgan fingerprint density at radius 2 is 2.04 bits per heavy atom. The fraction of sp³-hybridized carbons (Fsp3) is 0.529. The van der Waals surface area contributed by atoms with Crippen molar-refractivity contribution in [1.29, 1.82) is 0 Å². The molecule has 24 heavy (non-hydrogen) atoms. The van der Waals surface area contributed by atoms with E-state index in [1.807, 2.05) is 34.0 Å². The summed E-state index contributed by atoms with van der Waals surface area (Å²) >= 11 is 0. The van der Waals surface area contributed by atoms with Crippen LogP contribution in [0.5, 0.6) is 0 Å². The molecule has 0 saturated heterocycles. The summed E-state index contributed by atoms with van der Waals surface area (Å²) in [7, 11) is 4.89. The summed E-state index contributed by atoms with van der Waals surface area (Å²) in [6, 6.07) is 0. The summed E-state index contributed by atoms with van der Waals surface area (Å²) in [5.74, 6) is 0.475. The van der Waals surface area contributed by atoms with Gasteiger partial charge in [-0.2, -0.15) is 5.10 Å². The Bertz CT molecular complexity index is 739. The van der Waals surface area contributed by atoms with Crippen molar-refractivity contribution in [3.63, 3.8) is 0 Å². The molecule has 0 unspecified atom stereocenters. The molecule has 7 heteroatoms. The highest BCUT2D eigenvalue weighted by Gasteiger charge is 2.28. The molecule has 0 saturated carbocycles. The lowest BCUT2D eigenvalue weighted by Crippen LogP contribution is -2.26. The number of nitrogens with zero attached hydrogens (tertiary/aromatic N) is 5. The summed E-state index contributed by atoms with van der Waals surface area (Å²) in [6.07, 6.45) is 4.51. The zero-order valence-corrected chi connectivity index (χ0v) is 15.3. The third-order valence-corrected chi connectivity index (χ3v) is 3.99. The molecule has 0 bridgehead atoms. The molecule has 3 rings (SSSR count). The van der Waals surface area contributed by atoms with Crippen LogP contribution in [0.3, 0.4) is 0 Å². The number of fused-ring (bicyclic) bond motifs is 3. The van der Waals surface area contributed by atoms with Gasteiger partial charge in [0.1, 0.15) is 5.82 Å². The Morgan fingerprint density at radius 1 is 1.33 bits per heavy atom. The molecule has 1 amide bonds. The van der Waals surface area contributed by atoms with Gasteiger partial charge in [-0.1, -0.05) is 13.8 Å². The highest BCUT2D eigenvalue weighted by Crippen LogP contribution is 2.32. The van der Waals surface area contributed by atoms with Crippen LogP contribution in [-0.4, -0.2) is 44.9 Å². The first-order valence-corrected chi connectivity index (χ1v) is 8.23. The van der Waals surface area contributed by atoms with Gasteiger partial charge in [0.25, 0.3) is 5.91 Å². The summed E-state index contributed by atoms with van der Waals surface area (Å²) in [4.78, 5) is 26.3. The van der Waals surface area contributed by atoms with E-state index in [0.29, 0.717) is 5.69 Å². The van der Waals surface area contributed by atoms with Gasteiger partial charge in [-0.25, -0.2) is 15.0 Å². The highest BCUT2D eigenvalue weighted by molar-refractivity contribution is 5.94. The monoisotopic (exact) mass is 331 g/mol. The standard InChI is InChI=1S/C15H19N5O2.C2H6/c1-9-16-8-10-6-5-7-11-13(15(21)20(3)22-4)18-19(2)14(11)12(10)17-9;1-2/h8H,5-7H2,1-4H3;1-2H3. The molecule has 0 spiro atoms. The van der Waals surface area contributed by atoms with Gasteiger partial charge in [0.15, 0.2) is 5.69 Å². The molecular weight excluding hydrogens is 306 g/mol. The third kappa shape index (κ3) is 3.17. The van der Waals surface area contributed by atoms with Crippen molar-refractivity contribution in [3.8, 4) is 11.4 Å². The maximum absolute atomic E-state index is 12.4.